The van der Waals surface area contributed by atoms with Gasteiger partial charge in [0.1, 0.15) is 12.4 Å². The maximum atomic E-state index is 11.0. The molecule has 0 heterocycles. The zero-order valence-electron chi connectivity index (χ0n) is 8.87. The lowest BCUT2D eigenvalue weighted by Gasteiger charge is -2.12. The van der Waals surface area contributed by atoms with Gasteiger partial charge in [0.05, 0.1) is 5.56 Å². The fourth-order valence-electron chi connectivity index (χ4n) is 1.09. The third-order valence-corrected chi connectivity index (χ3v) is 2.10. The number of hydrogen-bond acceptors (Lipinski definition) is 3. The fourth-order valence-corrected chi connectivity index (χ4v) is 1.25. The molecule has 0 fully saturated rings. The summed E-state index contributed by atoms with van der Waals surface area (Å²) in [5.41, 5.74) is 0.415. The monoisotopic (exact) mass is 227 g/mol. The van der Waals surface area contributed by atoms with Gasteiger partial charge in [-0.15, -0.1) is 0 Å². The molecular formula is C11H14ClNO2. The number of hydrogen-bond donors (Lipinski definition) is 0. The van der Waals surface area contributed by atoms with Gasteiger partial charge in [-0.2, -0.15) is 0 Å². The molecule has 0 saturated heterocycles. The molecular weight excluding hydrogens is 214 g/mol. The van der Waals surface area contributed by atoms with Gasteiger partial charge in [0.2, 0.25) is 0 Å². The second-order valence-corrected chi connectivity index (χ2v) is 3.76. The molecule has 0 amide bonds. The minimum Gasteiger partial charge on any atom is -0.491 e. The van der Waals surface area contributed by atoms with Gasteiger partial charge in [0.15, 0.2) is 0 Å². The molecule has 0 N–H and O–H groups in total. The van der Waals surface area contributed by atoms with E-state index in [-0.39, 0.29) is 0 Å². The van der Waals surface area contributed by atoms with Crippen molar-refractivity contribution in [2.75, 3.05) is 27.2 Å². The summed E-state index contributed by atoms with van der Waals surface area (Å²) in [6.45, 7) is 1.33. The predicted octanol–water partition coefficient (Wildman–Crippen LogP) is 2.01. The van der Waals surface area contributed by atoms with Crippen molar-refractivity contribution in [3.63, 3.8) is 0 Å². The predicted molar refractivity (Wildman–Crippen MR) is 60.7 cm³/mol. The summed E-state index contributed by atoms with van der Waals surface area (Å²) < 4.78 is 5.46. The van der Waals surface area contributed by atoms with Gasteiger partial charge in [-0.1, -0.05) is 12.1 Å². The van der Waals surface area contributed by atoms with Crippen LogP contribution in [0.1, 0.15) is 10.4 Å². The van der Waals surface area contributed by atoms with Gasteiger partial charge >= 0.3 is 0 Å². The SMILES string of the molecule is CN(C)CCOc1ccccc1C(=O)Cl. The van der Waals surface area contributed by atoms with Crippen LogP contribution in [0.3, 0.4) is 0 Å². The Labute approximate surface area is 94.6 Å². The van der Waals surface area contributed by atoms with E-state index in [1.165, 1.54) is 0 Å². The summed E-state index contributed by atoms with van der Waals surface area (Å²) in [6.07, 6.45) is 0. The lowest BCUT2D eigenvalue weighted by atomic mass is 10.2. The number of carbonyl (C=O) groups is 1. The number of benzene rings is 1. The van der Waals surface area contributed by atoms with Crippen LogP contribution in [0.5, 0.6) is 5.75 Å². The lowest BCUT2D eigenvalue weighted by molar-refractivity contribution is 0.107. The van der Waals surface area contributed by atoms with Crippen molar-refractivity contribution in [1.29, 1.82) is 0 Å². The molecule has 1 rings (SSSR count). The number of likely N-dealkylation sites (N-methyl/N-ethyl adjacent to an activating group) is 1. The van der Waals surface area contributed by atoms with Crippen LogP contribution < -0.4 is 4.74 Å². The highest BCUT2D eigenvalue weighted by atomic mass is 35.5. The van der Waals surface area contributed by atoms with Crippen LogP contribution in [0.15, 0.2) is 24.3 Å². The van der Waals surface area contributed by atoms with Gasteiger partial charge in [0, 0.05) is 6.54 Å². The summed E-state index contributed by atoms with van der Waals surface area (Å²) >= 11 is 5.42. The molecule has 3 nitrogen and oxygen atoms in total. The Hall–Kier alpha value is -1.06. The summed E-state index contributed by atoms with van der Waals surface area (Å²) in [6, 6.07) is 6.97. The van der Waals surface area contributed by atoms with Gasteiger partial charge in [-0.3, -0.25) is 4.79 Å². The molecule has 0 aliphatic rings. The van der Waals surface area contributed by atoms with Crippen LogP contribution in [0.2, 0.25) is 0 Å². The Balaban J connectivity index is 2.63. The van der Waals surface area contributed by atoms with Crippen LogP contribution in [0.25, 0.3) is 0 Å². The first-order valence-electron chi connectivity index (χ1n) is 4.67. The van der Waals surface area contributed by atoms with Crippen molar-refractivity contribution in [1.82, 2.24) is 4.90 Å². The Bertz CT molecular complexity index is 339. The summed E-state index contributed by atoms with van der Waals surface area (Å²) in [5, 5.41) is -0.490. The van der Waals surface area contributed by atoms with Crippen molar-refractivity contribution in [2.45, 2.75) is 0 Å². The summed E-state index contributed by atoms with van der Waals surface area (Å²) in [4.78, 5) is 13.0. The second-order valence-electron chi connectivity index (χ2n) is 3.42. The molecule has 0 unspecified atom stereocenters. The molecule has 0 aromatic heterocycles. The van der Waals surface area contributed by atoms with Gasteiger partial charge in [0.25, 0.3) is 5.24 Å². The largest absolute Gasteiger partial charge is 0.491 e. The van der Waals surface area contributed by atoms with Crippen LogP contribution >= 0.6 is 11.6 Å². The molecule has 0 aliphatic carbocycles. The second kappa shape index (κ2) is 5.73. The van der Waals surface area contributed by atoms with E-state index in [1.54, 1.807) is 18.2 Å². The highest BCUT2D eigenvalue weighted by Gasteiger charge is 2.08. The molecule has 0 aliphatic heterocycles. The average molecular weight is 228 g/mol. The smallest absolute Gasteiger partial charge is 0.256 e. The van der Waals surface area contributed by atoms with Crippen LogP contribution in [0, 0.1) is 0 Å². The van der Waals surface area contributed by atoms with E-state index in [0.717, 1.165) is 6.54 Å². The number of para-hydroxylation sites is 1. The summed E-state index contributed by atoms with van der Waals surface area (Å²) in [7, 11) is 3.92. The molecule has 82 valence electrons. The Morgan fingerprint density at radius 3 is 2.67 bits per heavy atom. The molecule has 0 radical (unpaired) electrons. The van der Waals surface area contributed by atoms with E-state index in [2.05, 4.69) is 0 Å². The van der Waals surface area contributed by atoms with E-state index in [4.69, 9.17) is 16.3 Å². The highest BCUT2D eigenvalue weighted by molar-refractivity contribution is 6.68. The molecule has 1 aromatic carbocycles. The molecule has 0 bridgehead atoms. The van der Waals surface area contributed by atoms with E-state index < -0.39 is 5.24 Å². The van der Waals surface area contributed by atoms with E-state index >= 15 is 0 Å². The molecule has 4 heteroatoms. The van der Waals surface area contributed by atoms with E-state index in [0.29, 0.717) is 17.9 Å². The molecule has 15 heavy (non-hydrogen) atoms. The quantitative estimate of drug-likeness (QED) is 0.721. The van der Waals surface area contributed by atoms with Crippen LogP contribution in [-0.4, -0.2) is 37.4 Å². The number of rotatable bonds is 5. The zero-order chi connectivity index (χ0) is 11.3. The van der Waals surface area contributed by atoms with Crippen molar-refractivity contribution in [3.8, 4) is 5.75 Å². The van der Waals surface area contributed by atoms with Crippen molar-refractivity contribution in [3.05, 3.63) is 29.8 Å². The topological polar surface area (TPSA) is 29.5 Å². The third kappa shape index (κ3) is 3.90. The first kappa shape index (κ1) is 12.0. The molecule has 1 aromatic rings. The number of ether oxygens (including phenoxy) is 1. The molecule has 0 spiro atoms. The van der Waals surface area contributed by atoms with Gasteiger partial charge in [-0.25, -0.2) is 0 Å². The minimum absolute atomic E-state index is 0.415. The van der Waals surface area contributed by atoms with Crippen molar-refractivity contribution in [2.24, 2.45) is 0 Å². The minimum atomic E-state index is -0.490. The lowest BCUT2D eigenvalue weighted by Crippen LogP contribution is -2.19. The van der Waals surface area contributed by atoms with Crippen LogP contribution in [0.4, 0.5) is 0 Å². The van der Waals surface area contributed by atoms with Crippen molar-refractivity contribution < 1.29 is 9.53 Å². The fraction of sp³-hybridized carbons (Fsp3) is 0.364. The Morgan fingerprint density at radius 1 is 1.40 bits per heavy atom. The van der Waals surface area contributed by atoms with E-state index in [9.17, 15) is 4.79 Å². The van der Waals surface area contributed by atoms with Gasteiger partial charge < -0.3 is 9.64 Å². The molecule has 0 saturated carbocycles. The van der Waals surface area contributed by atoms with Crippen LogP contribution in [-0.2, 0) is 0 Å². The summed E-state index contributed by atoms with van der Waals surface area (Å²) in [5.74, 6) is 0.541. The van der Waals surface area contributed by atoms with E-state index in [1.807, 2.05) is 25.1 Å². The first-order chi connectivity index (χ1) is 7.11. The van der Waals surface area contributed by atoms with Crippen molar-refractivity contribution >= 4 is 16.8 Å². The zero-order valence-corrected chi connectivity index (χ0v) is 9.62. The number of halogens is 1. The average Bonchev–Trinajstić information content (AvgIpc) is 2.17. The standard InChI is InChI=1S/C11H14ClNO2/c1-13(2)7-8-15-10-6-4-3-5-9(10)11(12)14/h3-6H,7-8H2,1-2H3. The maximum Gasteiger partial charge on any atom is 0.256 e. The highest BCUT2D eigenvalue weighted by Crippen LogP contribution is 2.19. The maximum absolute atomic E-state index is 11.0. The number of carbonyl (C=O) groups excluding carboxylic acids is 1. The van der Waals surface area contributed by atoms with Gasteiger partial charge in [-0.05, 0) is 37.8 Å². The Kier molecular flexibility index (Phi) is 4.59. The number of nitrogens with zero attached hydrogens (tertiary/aromatic N) is 1. The molecule has 0 atom stereocenters. The Morgan fingerprint density at radius 2 is 2.07 bits per heavy atom. The first-order valence-corrected chi connectivity index (χ1v) is 5.05. The normalized spacial score (nSPS) is 10.4. The third-order valence-electron chi connectivity index (χ3n) is 1.89.